The molecule has 0 saturated carbocycles. The molecule has 7 heteroatoms. The van der Waals surface area contributed by atoms with E-state index >= 15 is 0 Å². The molecular weight excluding hydrogens is 434 g/mol. The van der Waals surface area contributed by atoms with Crippen molar-refractivity contribution in [3.63, 3.8) is 0 Å². The Labute approximate surface area is 198 Å². The lowest BCUT2D eigenvalue weighted by Gasteiger charge is -2.30. The molecule has 33 heavy (non-hydrogen) atoms. The van der Waals surface area contributed by atoms with Gasteiger partial charge in [0.15, 0.2) is 0 Å². The van der Waals surface area contributed by atoms with E-state index in [0.717, 1.165) is 23.2 Å². The van der Waals surface area contributed by atoms with Crippen LogP contribution in [-0.4, -0.2) is 49.7 Å². The number of amides is 1. The third kappa shape index (κ3) is 5.83. The molecule has 4 rings (SSSR count). The minimum atomic E-state index is -3.52. The van der Waals surface area contributed by atoms with Gasteiger partial charge in [0.25, 0.3) is 0 Å². The smallest absolute Gasteiger partial charge is 0.243 e. The number of carbonyl (C=O) groups excluding carboxylic acids is 1. The van der Waals surface area contributed by atoms with Crippen LogP contribution in [0.4, 0.5) is 0 Å². The maximum Gasteiger partial charge on any atom is 0.243 e. The monoisotopic (exact) mass is 469 g/mol. The van der Waals surface area contributed by atoms with Crippen LogP contribution in [0, 0.1) is 19.8 Å². The van der Waals surface area contributed by atoms with E-state index in [1.807, 2.05) is 19.9 Å². The van der Waals surface area contributed by atoms with Gasteiger partial charge in [-0.1, -0.05) is 30.3 Å². The summed E-state index contributed by atoms with van der Waals surface area (Å²) in [5.41, 5.74) is 4.44. The first-order valence-corrected chi connectivity index (χ1v) is 13.4. The fraction of sp³-hybridized carbons (Fsp3) is 0.500. The van der Waals surface area contributed by atoms with Crippen molar-refractivity contribution in [2.45, 2.75) is 57.5 Å². The fourth-order valence-corrected chi connectivity index (χ4v) is 6.23. The number of sulfonamides is 1. The summed E-state index contributed by atoms with van der Waals surface area (Å²) in [7, 11) is -3.52. The minimum Gasteiger partial charge on any atom is -0.352 e. The second-order valence-corrected chi connectivity index (χ2v) is 11.4. The Kier molecular flexibility index (Phi) is 7.51. The first-order valence-electron chi connectivity index (χ1n) is 12.0. The predicted octanol–water partition coefficient (Wildman–Crippen LogP) is 3.62. The van der Waals surface area contributed by atoms with Crippen LogP contribution in [0.2, 0.25) is 0 Å². The summed E-state index contributed by atoms with van der Waals surface area (Å²) >= 11 is 0. The van der Waals surface area contributed by atoms with Crippen molar-refractivity contribution >= 4 is 15.9 Å². The van der Waals surface area contributed by atoms with E-state index in [-0.39, 0.29) is 11.8 Å². The number of carbonyl (C=O) groups is 1. The van der Waals surface area contributed by atoms with E-state index < -0.39 is 10.0 Å². The first-order chi connectivity index (χ1) is 15.8. The van der Waals surface area contributed by atoms with Crippen molar-refractivity contribution in [1.29, 1.82) is 0 Å². The number of rotatable bonds is 7. The minimum absolute atomic E-state index is 0.0133. The SMILES string of the molecule is Cc1ccc(S(=O)(=O)N2CCC(C(=O)NCc3ccc(CN4CCCC4)cc3)CC2)cc1C. The molecule has 0 spiro atoms. The lowest BCUT2D eigenvalue weighted by molar-refractivity contribution is -0.126. The van der Waals surface area contributed by atoms with Crippen molar-refractivity contribution in [3.8, 4) is 0 Å². The molecule has 2 aromatic carbocycles. The summed E-state index contributed by atoms with van der Waals surface area (Å²) in [5, 5.41) is 3.04. The van der Waals surface area contributed by atoms with Crippen molar-refractivity contribution in [3.05, 3.63) is 64.7 Å². The highest BCUT2D eigenvalue weighted by molar-refractivity contribution is 7.89. The largest absolute Gasteiger partial charge is 0.352 e. The van der Waals surface area contributed by atoms with Crippen LogP contribution in [0.1, 0.15) is 47.9 Å². The van der Waals surface area contributed by atoms with Crippen LogP contribution in [0.3, 0.4) is 0 Å². The van der Waals surface area contributed by atoms with Crippen molar-refractivity contribution < 1.29 is 13.2 Å². The predicted molar refractivity (Wildman–Crippen MR) is 130 cm³/mol. The van der Waals surface area contributed by atoms with Crippen LogP contribution >= 0.6 is 0 Å². The number of benzene rings is 2. The molecule has 2 fully saturated rings. The molecule has 2 aromatic rings. The molecule has 0 aliphatic carbocycles. The maximum atomic E-state index is 13.0. The van der Waals surface area contributed by atoms with Crippen LogP contribution in [-0.2, 0) is 27.9 Å². The summed E-state index contributed by atoms with van der Waals surface area (Å²) in [6.07, 6.45) is 3.68. The number of likely N-dealkylation sites (tertiary alicyclic amines) is 1. The van der Waals surface area contributed by atoms with Gasteiger partial charge >= 0.3 is 0 Å². The van der Waals surface area contributed by atoms with Gasteiger partial charge in [0.2, 0.25) is 15.9 Å². The van der Waals surface area contributed by atoms with E-state index in [0.29, 0.717) is 37.4 Å². The number of nitrogens with one attached hydrogen (secondary N) is 1. The van der Waals surface area contributed by atoms with Crippen molar-refractivity contribution in [1.82, 2.24) is 14.5 Å². The molecule has 2 heterocycles. The first kappa shape index (κ1) is 23.9. The van der Waals surface area contributed by atoms with E-state index in [2.05, 4.69) is 34.5 Å². The van der Waals surface area contributed by atoms with Gasteiger partial charge in [-0.05, 0) is 87.0 Å². The summed E-state index contributed by atoms with van der Waals surface area (Å²) in [6.45, 7) is 8.51. The molecule has 1 N–H and O–H groups in total. The molecule has 2 aliphatic rings. The van der Waals surface area contributed by atoms with Gasteiger partial charge in [-0.15, -0.1) is 0 Å². The zero-order chi connectivity index (χ0) is 23.4. The Balaban J connectivity index is 1.25. The average molecular weight is 470 g/mol. The molecule has 178 valence electrons. The number of hydrogen-bond acceptors (Lipinski definition) is 4. The highest BCUT2D eigenvalue weighted by atomic mass is 32.2. The number of aryl methyl sites for hydroxylation is 2. The Morgan fingerprint density at radius 1 is 0.909 bits per heavy atom. The topological polar surface area (TPSA) is 69.7 Å². The van der Waals surface area contributed by atoms with E-state index in [1.54, 1.807) is 12.1 Å². The van der Waals surface area contributed by atoms with Crippen molar-refractivity contribution in [2.75, 3.05) is 26.2 Å². The summed E-state index contributed by atoms with van der Waals surface area (Å²) in [4.78, 5) is 15.5. The van der Waals surface area contributed by atoms with Crippen LogP contribution < -0.4 is 5.32 Å². The van der Waals surface area contributed by atoms with Crippen LogP contribution in [0.5, 0.6) is 0 Å². The molecule has 0 unspecified atom stereocenters. The summed E-state index contributed by atoms with van der Waals surface area (Å²) in [5.74, 6) is -0.134. The van der Waals surface area contributed by atoms with Gasteiger partial charge in [0, 0.05) is 32.1 Å². The second-order valence-electron chi connectivity index (χ2n) is 9.44. The molecule has 2 aliphatic heterocycles. The number of piperidine rings is 1. The van der Waals surface area contributed by atoms with E-state index in [1.165, 1.54) is 35.8 Å². The van der Waals surface area contributed by atoms with Gasteiger partial charge in [0.05, 0.1) is 4.90 Å². The number of nitrogens with zero attached hydrogens (tertiary/aromatic N) is 2. The Bertz CT molecular complexity index is 1070. The standard InChI is InChI=1S/C26H35N3O3S/c1-20-5-10-25(17-21(20)2)33(31,32)29-15-11-24(12-16-29)26(30)27-18-22-6-8-23(9-7-22)19-28-13-3-4-14-28/h5-10,17,24H,3-4,11-16,18-19H2,1-2H3,(H,27,30). The van der Waals surface area contributed by atoms with E-state index in [9.17, 15) is 13.2 Å². The molecule has 0 bridgehead atoms. The lowest BCUT2D eigenvalue weighted by atomic mass is 9.97. The Hall–Kier alpha value is -2.22. The number of hydrogen-bond donors (Lipinski definition) is 1. The van der Waals surface area contributed by atoms with Crippen LogP contribution in [0.25, 0.3) is 0 Å². The zero-order valence-electron chi connectivity index (χ0n) is 19.7. The van der Waals surface area contributed by atoms with Crippen LogP contribution in [0.15, 0.2) is 47.4 Å². The molecule has 6 nitrogen and oxygen atoms in total. The highest BCUT2D eigenvalue weighted by Gasteiger charge is 2.32. The average Bonchev–Trinajstić information content (AvgIpc) is 3.33. The molecule has 0 atom stereocenters. The summed E-state index contributed by atoms with van der Waals surface area (Å²) in [6, 6.07) is 13.7. The fourth-order valence-electron chi connectivity index (χ4n) is 4.68. The third-order valence-corrected chi connectivity index (χ3v) is 8.93. The Morgan fingerprint density at radius 2 is 1.55 bits per heavy atom. The van der Waals surface area contributed by atoms with Gasteiger partial charge in [0.1, 0.15) is 0 Å². The summed E-state index contributed by atoms with van der Waals surface area (Å²) < 4.78 is 27.5. The highest BCUT2D eigenvalue weighted by Crippen LogP contribution is 2.25. The second kappa shape index (κ2) is 10.4. The van der Waals surface area contributed by atoms with Crippen molar-refractivity contribution in [2.24, 2.45) is 5.92 Å². The quantitative estimate of drug-likeness (QED) is 0.673. The zero-order valence-corrected chi connectivity index (χ0v) is 20.5. The Morgan fingerprint density at radius 3 is 2.18 bits per heavy atom. The molecule has 0 radical (unpaired) electrons. The normalized spacial score (nSPS) is 18.5. The maximum absolute atomic E-state index is 13.0. The molecule has 0 aromatic heterocycles. The molecule has 1 amide bonds. The van der Waals surface area contributed by atoms with Gasteiger partial charge < -0.3 is 5.32 Å². The van der Waals surface area contributed by atoms with Gasteiger partial charge in [-0.25, -0.2) is 8.42 Å². The lowest BCUT2D eigenvalue weighted by Crippen LogP contribution is -2.42. The molecule has 2 saturated heterocycles. The van der Waals surface area contributed by atoms with E-state index in [4.69, 9.17) is 0 Å². The van der Waals surface area contributed by atoms with Gasteiger partial charge in [-0.2, -0.15) is 4.31 Å². The molecular formula is C26H35N3O3S. The third-order valence-electron chi connectivity index (χ3n) is 7.04. The van der Waals surface area contributed by atoms with Gasteiger partial charge in [-0.3, -0.25) is 9.69 Å².